The lowest BCUT2D eigenvalue weighted by Crippen LogP contribution is -2.22. The maximum Gasteiger partial charge on any atom is 0.359 e. The van der Waals surface area contributed by atoms with Crippen LogP contribution in [0.2, 0.25) is 0 Å². The van der Waals surface area contributed by atoms with Crippen molar-refractivity contribution in [1.82, 2.24) is 15.0 Å². The second-order valence-corrected chi connectivity index (χ2v) is 8.81. The van der Waals surface area contributed by atoms with Crippen LogP contribution in [0.1, 0.15) is 16.1 Å². The predicted molar refractivity (Wildman–Crippen MR) is 137 cm³/mol. The summed E-state index contributed by atoms with van der Waals surface area (Å²) in [6.07, 6.45) is 2.88. The van der Waals surface area contributed by atoms with E-state index < -0.39 is 18.5 Å². The number of anilines is 1. The molecular formula is C27H20N4O4S. The van der Waals surface area contributed by atoms with Gasteiger partial charge in [-0.15, -0.1) is 11.3 Å². The Hall–Kier alpha value is -4.63. The number of benzene rings is 3. The molecule has 36 heavy (non-hydrogen) atoms. The van der Waals surface area contributed by atoms with Crippen LogP contribution in [0.25, 0.3) is 20.9 Å². The molecule has 0 unspecified atom stereocenters. The van der Waals surface area contributed by atoms with Crippen LogP contribution in [-0.2, 0) is 9.53 Å². The maximum absolute atomic E-state index is 12.8. The molecular weight excluding hydrogens is 476 g/mol. The highest BCUT2D eigenvalue weighted by molar-refractivity contribution is 7.21. The third-order valence-electron chi connectivity index (χ3n) is 5.13. The second kappa shape index (κ2) is 10.3. The molecule has 0 saturated carbocycles. The minimum atomic E-state index is -0.767. The Balaban J connectivity index is 1.26. The molecule has 0 radical (unpaired) electrons. The van der Waals surface area contributed by atoms with Gasteiger partial charge >= 0.3 is 5.97 Å². The summed E-state index contributed by atoms with van der Waals surface area (Å²) in [5.74, 6) is -0.183. The number of aryl methyl sites for hydroxylation is 1. The zero-order chi connectivity index (χ0) is 24.9. The second-order valence-electron chi connectivity index (χ2n) is 7.78. The van der Waals surface area contributed by atoms with E-state index in [1.165, 1.54) is 23.7 Å². The van der Waals surface area contributed by atoms with Gasteiger partial charge in [-0.05, 0) is 43.3 Å². The molecule has 2 heterocycles. The van der Waals surface area contributed by atoms with Crippen LogP contribution >= 0.6 is 11.3 Å². The predicted octanol–water partition coefficient (Wildman–Crippen LogP) is 5.65. The summed E-state index contributed by atoms with van der Waals surface area (Å²) >= 11 is 1.40. The Labute approximate surface area is 210 Å². The van der Waals surface area contributed by atoms with E-state index in [0.717, 1.165) is 15.8 Å². The maximum atomic E-state index is 12.8. The quantitative estimate of drug-likeness (QED) is 0.290. The minimum absolute atomic E-state index is 0.00698. The molecule has 8 nitrogen and oxygen atoms in total. The molecule has 0 fully saturated rings. The van der Waals surface area contributed by atoms with Crippen molar-refractivity contribution in [1.29, 1.82) is 0 Å². The summed E-state index contributed by atoms with van der Waals surface area (Å²) in [4.78, 5) is 38.3. The molecule has 178 valence electrons. The highest BCUT2D eigenvalue weighted by atomic mass is 32.1. The van der Waals surface area contributed by atoms with Crippen LogP contribution in [0, 0.1) is 6.92 Å². The van der Waals surface area contributed by atoms with Crippen molar-refractivity contribution in [3.8, 4) is 22.2 Å². The highest BCUT2D eigenvalue weighted by Crippen LogP contribution is 2.31. The Morgan fingerprint density at radius 3 is 2.50 bits per heavy atom. The van der Waals surface area contributed by atoms with Gasteiger partial charge in [0.1, 0.15) is 16.5 Å². The van der Waals surface area contributed by atoms with Gasteiger partial charge in [-0.2, -0.15) is 0 Å². The van der Waals surface area contributed by atoms with E-state index in [2.05, 4.69) is 20.3 Å². The Bertz CT molecular complexity index is 1520. The number of amides is 1. The van der Waals surface area contributed by atoms with Crippen molar-refractivity contribution in [3.05, 3.63) is 96.4 Å². The first-order valence-corrected chi connectivity index (χ1v) is 11.9. The average molecular weight is 497 g/mol. The van der Waals surface area contributed by atoms with E-state index in [-0.39, 0.29) is 5.69 Å². The smallest absolute Gasteiger partial charge is 0.359 e. The van der Waals surface area contributed by atoms with Crippen LogP contribution < -0.4 is 10.1 Å². The van der Waals surface area contributed by atoms with E-state index in [1.54, 1.807) is 24.3 Å². The van der Waals surface area contributed by atoms with E-state index in [4.69, 9.17) is 9.47 Å². The number of hydrogen-bond acceptors (Lipinski definition) is 8. The number of aromatic nitrogens is 3. The lowest BCUT2D eigenvalue weighted by Gasteiger charge is -2.12. The molecule has 0 spiro atoms. The average Bonchev–Trinajstić information content (AvgIpc) is 3.34. The number of thiazole rings is 1. The van der Waals surface area contributed by atoms with Crippen LogP contribution in [0.5, 0.6) is 11.5 Å². The fourth-order valence-electron chi connectivity index (χ4n) is 3.40. The van der Waals surface area contributed by atoms with Crippen molar-refractivity contribution < 1.29 is 19.1 Å². The van der Waals surface area contributed by atoms with Gasteiger partial charge in [0.15, 0.2) is 18.1 Å². The van der Waals surface area contributed by atoms with Crippen LogP contribution in [-0.4, -0.2) is 33.4 Å². The SMILES string of the molecule is Cc1ccc(Oc2ccccc2NC(=O)COC(=O)c2nccnc2-c2nc3ccccc3s2)cc1. The number of nitrogens with one attached hydrogen (secondary N) is 1. The lowest BCUT2D eigenvalue weighted by molar-refractivity contribution is -0.119. The third kappa shape index (κ3) is 5.21. The first kappa shape index (κ1) is 23.1. The monoisotopic (exact) mass is 496 g/mol. The molecule has 5 aromatic rings. The van der Waals surface area contributed by atoms with Gasteiger partial charge in [-0.3, -0.25) is 4.79 Å². The summed E-state index contributed by atoms with van der Waals surface area (Å²) in [6, 6.07) is 22.2. The molecule has 0 aliphatic rings. The van der Waals surface area contributed by atoms with E-state index in [0.29, 0.717) is 27.9 Å². The number of carbonyl (C=O) groups is 2. The summed E-state index contributed by atoms with van der Waals surface area (Å²) in [5, 5.41) is 3.27. The number of nitrogens with zero attached hydrogens (tertiary/aromatic N) is 3. The zero-order valence-corrected chi connectivity index (χ0v) is 20.0. The first-order valence-electron chi connectivity index (χ1n) is 11.0. The van der Waals surface area contributed by atoms with Crippen molar-refractivity contribution in [2.24, 2.45) is 0 Å². The summed E-state index contributed by atoms with van der Waals surface area (Å²) < 4.78 is 12.1. The summed E-state index contributed by atoms with van der Waals surface area (Å²) in [5.41, 5.74) is 2.66. The molecule has 0 aliphatic carbocycles. The normalized spacial score (nSPS) is 10.7. The van der Waals surface area contributed by atoms with Crippen LogP contribution in [0.15, 0.2) is 85.2 Å². The zero-order valence-electron chi connectivity index (χ0n) is 19.2. The van der Waals surface area contributed by atoms with Crippen molar-refractivity contribution in [3.63, 3.8) is 0 Å². The molecule has 1 amide bonds. The highest BCUT2D eigenvalue weighted by Gasteiger charge is 2.21. The Morgan fingerprint density at radius 1 is 0.917 bits per heavy atom. The van der Waals surface area contributed by atoms with E-state index >= 15 is 0 Å². The number of para-hydroxylation sites is 3. The van der Waals surface area contributed by atoms with E-state index in [1.807, 2.05) is 55.5 Å². The first-order chi connectivity index (χ1) is 17.6. The molecule has 0 atom stereocenters. The van der Waals surface area contributed by atoms with Crippen molar-refractivity contribution >= 4 is 39.1 Å². The molecule has 2 aromatic heterocycles. The fourth-order valence-corrected chi connectivity index (χ4v) is 4.36. The van der Waals surface area contributed by atoms with Gasteiger partial charge in [-0.25, -0.2) is 19.7 Å². The van der Waals surface area contributed by atoms with Gasteiger partial charge < -0.3 is 14.8 Å². The lowest BCUT2D eigenvalue weighted by atomic mass is 10.2. The Morgan fingerprint density at radius 2 is 1.67 bits per heavy atom. The molecule has 9 heteroatoms. The fraction of sp³-hybridized carbons (Fsp3) is 0.0741. The number of fused-ring (bicyclic) bond motifs is 1. The standard InChI is InChI=1S/C27H20N4O4S/c1-17-10-12-18(13-11-17)35-21-8-4-2-6-19(21)30-23(32)16-34-27(33)25-24(28-14-15-29-25)26-31-20-7-3-5-9-22(20)36-26/h2-15H,16H2,1H3,(H,30,32). The van der Waals surface area contributed by atoms with Crippen molar-refractivity contribution in [2.45, 2.75) is 6.92 Å². The number of hydrogen-bond donors (Lipinski definition) is 1. The third-order valence-corrected chi connectivity index (χ3v) is 6.18. The topological polar surface area (TPSA) is 103 Å². The largest absolute Gasteiger partial charge is 0.455 e. The van der Waals surface area contributed by atoms with Gasteiger partial charge in [-0.1, -0.05) is 42.0 Å². The number of esters is 1. The minimum Gasteiger partial charge on any atom is -0.455 e. The van der Waals surface area contributed by atoms with Gasteiger partial charge in [0.05, 0.1) is 15.9 Å². The summed E-state index contributed by atoms with van der Waals surface area (Å²) in [6.45, 7) is 1.48. The van der Waals surface area contributed by atoms with E-state index in [9.17, 15) is 9.59 Å². The Kier molecular flexibility index (Phi) is 6.63. The summed E-state index contributed by atoms with van der Waals surface area (Å²) in [7, 11) is 0. The van der Waals surface area contributed by atoms with Crippen LogP contribution in [0.3, 0.4) is 0 Å². The van der Waals surface area contributed by atoms with Gasteiger partial charge in [0.2, 0.25) is 0 Å². The van der Waals surface area contributed by atoms with Crippen molar-refractivity contribution in [2.75, 3.05) is 11.9 Å². The van der Waals surface area contributed by atoms with Gasteiger partial charge in [0, 0.05) is 12.4 Å². The molecule has 0 saturated heterocycles. The molecule has 3 aromatic carbocycles. The number of rotatable bonds is 7. The number of ether oxygens (including phenoxy) is 2. The molecule has 5 rings (SSSR count). The van der Waals surface area contributed by atoms with Gasteiger partial charge in [0.25, 0.3) is 5.91 Å². The molecule has 0 bridgehead atoms. The molecule has 1 N–H and O–H groups in total. The van der Waals surface area contributed by atoms with Crippen LogP contribution in [0.4, 0.5) is 5.69 Å². The number of carbonyl (C=O) groups excluding carboxylic acids is 2. The molecule has 0 aliphatic heterocycles.